The molecule has 2 heteroatoms. The Morgan fingerprint density at radius 1 is 1.16 bits per heavy atom. The van der Waals surface area contributed by atoms with Crippen LogP contribution in [-0.2, 0) is 6.42 Å². The van der Waals surface area contributed by atoms with E-state index in [4.69, 9.17) is 5.73 Å². The zero-order valence-electron chi connectivity index (χ0n) is 12.4. The monoisotopic (exact) mass is 260 g/mol. The molecular weight excluding hydrogens is 232 g/mol. The normalized spacial score (nSPS) is 16.6. The van der Waals surface area contributed by atoms with Gasteiger partial charge in [-0.1, -0.05) is 38.8 Å². The molecule has 0 saturated heterocycles. The fourth-order valence-electron chi connectivity index (χ4n) is 3.12. The highest BCUT2D eigenvalue weighted by molar-refractivity contribution is 5.39. The maximum Gasteiger partial charge on any atom is 0.0314 e. The molecule has 0 bridgehead atoms. The van der Waals surface area contributed by atoms with Crippen LogP contribution in [0.2, 0.25) is 0 Å². The third-order valence-corrected chi connectivity index (χ3v) is 4.11. The molecule has 1 aliphatic carbocycles. The second-order valence-corrected chi connectivity index (χ2v) is 6.32. The van der Waals surface area contributed by atoms with Crippen molar-refractivity contribution < 1.29 is 0 Å². The largest absolute Gasteiger partial charge is 0.399 e. The van der Waals surface area contributed by atoms with Crippen LogP contribution >= 0.6 is 0 Å². The van der Waals surface area contributed by atoms with Crippen LogP contribution in [0.3, 0.4) is 0 Å². The number of hydrogen-bond donors (Lipinski definition) is 1. The summed E-state index contributed by atoms with van der Waals surface area (Å²) in [5.41, 5.74) is 8.00. The molecule has 2 nitrogen and oxygen atoms in total. The predicted octanol–water partition coefficient (Wildman–Crippen LogP) is 3.71. The number of rotatable bonds is 6. The smallest absolute Gasteiger partial charge is 0.0314 e. The van der Waals surface area contributed by atoms with Gasteiger partial charge in [0.15, 0.2) is 0 Å². The number of nitrogen functional groups attached to an aromatic ring is 1. The minimum atomic E-state index is 0.756. The third-order valence-electron chi connectivity index (χ3n) is 4.11. The SMILES string of the molecule is CC(C)CN(CCc1ccc(N)cc1)C1CCCC1. The zero-order valence-corrected chi connectivity index (χ0v) is 12.4. The van der Waals surface area contributed by atoms with Crippen LogP contribution < -0.4 is 5.73 Å². The van der Waals surface area contributed by atoms with Gasteiger partial charge < -0.3 is 5.73 Å². The summed E-state index contributed by atoms with van der Waals surface area (Å²) in [7, 11) is 0. The standard InChI is InChI=1S/C17H28N2/c1-14(2)13-19(17-5-3-4-6-17)12-11-15-7-9-16(18)10-8-15/h7-10,14,17H,3-6,11-13,18H2,1-2H3. The Labute approximate surface area is 118 Å². The van der Waals surface area contributed by atoms with E-state index in [1.54, 1.807) is 0 Å². The number of anilines is 1. The highest BCUT2D eigenvalue weighted by Crippen LogP contribution is 2.24. The van der Waals surface area contributed by atoms with Crippen molar-refractivity contribution in [3.8, 4) is 0 Å². The molecule has 2 N–H and O–H groups in total. The van der Waals surface area contributed by atoms with E-state index in [0.29, 0.717) is 0 Å². The van der Waals surface area contributed by atoms with Gasteiger partial charge in [0.1, 0.15) is 0 Å². The van der Waals surface area contributed by atoms with E-state index >= 15 is 0 Å². The van der Waals surface area contributed by atoms with Crippen molar-refractivity contribution in [3.63, 3.8) is 0 Å². The topological polar surface area (TPSA) is 29.3 Å². The Hall–Kier alpha value is -1.02. The first-order chi connectivity index (χ1) is 9.15. The van der Waals surface area contributed by atoms with Crippen molar-refractivity contribution in [1.82, 2.24) is 4.90 Å². The van der Waals surface area contributed by atoms with Gasteiger partial charge >= 0.3 is 0 Å². The number of benzene rings is 1. The summed E-state index contributed by atoms with van der Waals surface area (Å²) in [5.74, 6) is 0.756. The van der Waals surface area contributed by atoms with Crippen LogP contribution in [0, 0.1) is 5.92 Å². The van der Waals surface area contributed by atoms with Crippen molar-refractivity contribution >= 4 is 5.69 Å². The Bertz CT molecular complexity index is 363. The van der Waals surface area contributed by atoms with Crippen molar-refractivity contribution in [2.45, 2.75) is 52.0 Å². The van der Waals surface area contributed by atoms with E-state index in [2.05, 4.69) is 30.9 Å². The first-order valence-corrected chi connectivity index (χ1v) is 7.73. The summed E-state index contributed by atoms with van der Waals surface area (Å²) in [4.78, 5) is 2.72. The molecule has 106 valence electrons. The first-order valence-electron chi connectivity index (χ1n) is 7.73. The number of nitrogens with two attached hydrogens (primary N) is 1. The molecule has 1 fully saturated rings. The Morgan fingerprint density at radius 3 is 2.37 bits per heavy atom. The molecule has 19 heavy (non-hydrogen) atoms. The van der Waals surface area contributed by atoms with E-state index in [1.807, 2.05) is 12.1 Å². The van der Waals surface area contributed by atoms with Crippen LogP contribution in [-0.4, -0.2) is 24.0 Å². The van der Waals surface area contributed by atoms with Crippen LogP contribution in [0.4, 0.5) is 5.69 Å². The molecule has 1 aromatic carbocycles. The van der Waals surface area contributed by atoms with Crippen molar-refractivity contribution in [2.75, 3.05) is 18.8 Å². The van der Waals surface area contributed by atoms with Crippen LogP contribution in [0.5, 0.6) is 0 Å². The van der Waals surface area contributed by atoms with Gasteiger partial charge in [0.25, 0.3) is 0 Å². The fraction of sp³-hybridized carbons (Fsp3) is 0.647. The molecule has 0 amide bonds. The summed E-state index contributed by atoms with van der Waals surface area (Å²) in [5, 5.41) is 0. The number of hydrogen-bond acceptors (Lipinski definition) is 2. The quantitative estimate of drug-likeness (QED) is 0.790. The second kappa shape index (κ2) is 6.95. The average molecular weight is 260 g/mol. The first kappa shape index (κ1) is 14.4. The molecule has 0 aliphatic heterocycles. The highest BCUT2D eigenvalue weighted by Gasteiger charge is 2.22. The van der Waals surface area contributed by atoms with Crippen LogP contribution in [0.25, 0.3) is 0 Å². The van der Waals surface area contributed by atoms with Gasteiger partial charge in [0, 0.05) is 24.8 Å². The highest BCUT2D eigenvalue weighted by atomic mass is 15.2. The second-order valence-electron chi connectivity index (χ2n) is 6.32. The molecule has 0 radical (unpaired) electrons. The molecule has 1 aliphatic rings. The van der Waals surface area contributed by atoms with E-state index in [-0.39, 0.29) is 0 Å². The Kier molecular flexibility index (Phi) is 5.26. The minimum Gasteiger partial charge on any atom is -0.399 e. The molecule has 1 saturated carbocycles. The van der Waals surface area contributed by atoms with Crippen molar-refractivity contribution in [2.24, 2.45) is 5.92 Å². The van der Waals surface area contributed by atoms with Crippen molar-refractivity contribution in [3.05, 3.63) is 29.8 Å². The summed E-state index contributed by atoms with van der Waals surface area (Å²) >= 11 is 0. The van der Waals surface area contributed by atoms with E-state index < -0.39 is 0 Å². The summed E-state index contributed by atoms with van der Waals surface area (Å²) in [6.07, 6.45) is 6.77. The van der Waals surface area contributed by atoms with Gasteiger partial charge in [0.2, 0.25) is 0 Å². The van der Waals surface area contributed by atoms with E-state index in [0.717, 1.165) is 24.1 Å². The summed E-state index contributed by atoms with van der Waals surface area (Å²) < 4.78 is 0. The lowest BCUT2D eigenvalue weighted by Crippen LogP contribution is -2.37. The lowest BCUT2D eigenvalue weighted by molar-refractivity contribution is 0.179. The van der Waals surface area contributed by atoms with Gasteiger partial charge in [-0.25, -0.2) is 0 Å². The molecular formula is C17H28N2. The molecule has 2 rings (SSSR count). The molecule has 0 heterocycles. The molecule has 0 atom stereocenters. The third kappa shape index (κ3) is 4.54. The van der Waals surface area contributed by atoms with E-state index in [9.17, 15) is 0 Å². The molecule has 0 aromatic heterocycles. The zero-order chi connectivity index (χ0) is 13.7. The fourth-order valence-corrected chi connectivity index (χ4v) is 3.12. The van der Waals surface area contributed by atoms with E-state index in [1.165, 1.54) is 44.3 Å². The maximum atomic E-state index is 5.74. The van der Waals surface area contributed by atoms with Crippen LogP contribution in [0.1, 0.15) is 45.1 Å². The summed E-state index contributed by atoms with van der Waals surface area (Å²) in [6, 6.07) is 9.18. The van der Waals surface area contributed by atoms with Crippen LogP contribution in [0.15, 0.2) is 24.3 Å². The molecule has 0 unspecified atom stereocenters. The van der Waals surface area contributed by atoms with Gasteiger partial charge in [-0.2, -0.15) is 0 Å². The van der Waals surface area contributed by atoms with Crippen molar-refractivity contribution in [1.29, 1.82) is 0 Å². The Morgan fingerprint density at radius 2 is 1.79 bits per heavy atom. The maximum absolute atomic E-state index is 5.74. The number of nitrogens with zero attached hydrogens (tertiary/aromatic N) is 1. The van der Waals surface area contributed by atoms with Gasteiger partial charge in [0.05, 0.1) is 0 Å². The summed E-state index contributed by atoms with van der Waals surface area (Å²) in [6.45, 7) is 7.07. The van der Waals surface area contributed by atoms with Gasteiger partial charge in [-0.15, -0.1) is 0 Å². The minimum absolute atomic E-state index is 0.756. The Balaban J connectivity index is 1.89. The van der Waals surface area contributed by atoms with Gasteiger partial charge in [-0.05, 0) is 42.9 Å². The lowest BCUT2D eigenvalue weighted by atomic mass is 10.1. The molecule has 0 spiro atoms. The van der Waals surface area contributed by atoms with Gasteiger partial charge in [-0.3, -0.25) is 4.90 Å². The molecule has 1 aromatic rings. The average Bonchev–Trinajstić information content (AvgIpc) is 2.90. The lowest BCUT2D eigenvalue weighted by Gasteiger charge is -2.30. The predicted molar refractivity (Wildman–Crippen MR) is 83.2 cm³/mol.